The molecule has 0 aliphatic carbocycles. The van der Waals surface area contributed by atoms with Crippen LogP contribution in [0, 0.1) is 5.92 Å². The third-order valence-corrected chi connectivity index (χ3v) is 4.34. The summed E-state index contributed by atoms with van der Waals surface area (Å²) >= 11 is 0. The Bertz CT molecular complexity index is 553. The number of aliphatic imine (C=N–C) groups is 1. The van der Waals surface area contributed by atoms with Crippen LogP contribution in [0.4, 0.5) is 0 Å². The second-order valence-electron chi connectivity index (χ2n) is 6.44. The van der Waals surface area contributed by atoms with Crippen LogP contribution in [0.2, 0.25) is 0 Å². The summed E-state index contributed by atoms with van der Waals surface area (Å²) in [6.07, 6.45) is 4.53. The van der Waals surface area contributed by atoms with E-state index in [0.717, 1.165) is 25.7 Å². The van der Waals surface area contributed by atoms with Crippen molar-refractivity contribution in [3.8, 4) is 0 Å². The van der Waals surface area contributed by atoms with E-state index in [9.17, 15) is 19.5 Å². The molecule has 2 N–H and O–H groups in total. The van der Waals surface area contributed by atoms with Crippen LogP contribution in [0.1, 0.15) is 59.8 Å². The van der Waals surface area contributed by atoms with Gasteiger partial charge in [-0.1, -0.05) is 13.3 Å². The van der Waals surface area contributed by atoms with Crippen molar-refractivity contribution in [2.24, 2.45) is 10.9 Å². The number of aliphatic hydroxyl groups excluding tert-OH is 1. The molecule has 0 saturated heterocycles. The molecular formula is C19H33N3O4. The average molecular weight is 367 g/mol. The van der Waals surface area contributed by atoms with E-state index in [1.807, 2.05) is 6.92 Å². The number of hydrogen-bond acceptors (Lipinski definition) is 5. The number of nitrogens with one attached hydrogen (secondary N) is 1. The molecule has 0 aliphatic rings. The lowest BCUT2D eigenvalue weighted by Gasteiger charge is -2.18. The Kier molecular flexibility index (Phi) is 11.4. The molecule has 0 fully saturated rings. The lowest BCUT2D eigenvalue weighted by molar-refractivity contribution is -0.127. The Hall–Kier alpha value is -2.02. The van der Waals surface area contributed by atoms with Crippen molar-refractivity contribution in [2.45, 2.75) is 65.9 Å². The maximum Gasteiger partial charge on any atom is 0.250 e. The zero-order valence-electron chi connectivity index (χ0n) is 16.8. The molecule has 0 bridgehead atoms. The van der Waals surface area contributed by atoms with E-state index >= 15 is 0 Å². The van der Waals surface area contributed by atoms with Crippen LogP contribution in [0.5, 0.6) is 0 Å². The number of rotatable bonds is 11. The van der Waals surface area contributed by atoms with Gasteiger partial charge in [-0.15, -0.1) is 0 Å². The number of carbonyl (C=O) groups is 3. The highest BCUT2D eigenvalue weighted by molar-refractivity contribution is 5.94. The molecule has 7 heteroatoms. The molecule has 0 aromatic rings. The summed E-state index contributed by atoms with van der Waals surface area (Å²) in [5, 5.41) is 11.7. The lowest BCUT2D eigenvalue weighted by Crippen LogP contribution is -2.28. The zero-order valence-corrected chi connectivity index (χ0v) is 16.8. The second-order valence-corrected chi connectivity index (χ2v) is 6.44. The van der Waals surface area contributed by atoms with Crippen LogP contribution >= 0.6 is 0 Å². The number of Topliss-reactive ketones (excluding diaryl/α,β-unsaturated/α-hetero) is 1. The van der Waals surface area contributed by atoms with E-state index in [2.05, 4.69) is 10.3 Å². The SMILES string of the molecule is CCC(/C=N\C(=C(/C)C(=O)NC)N(C)C(C)=O)CCCCC(=O)C(C)O. The Morgan fingerprint density at radius 1 is 1.23 bits per heavy atom. The predicted molar refractivity (Wildman–Crippen MR) is 103 cm³/mol. The number of unbranched alkanes of at least 4 members (excludes halogenated alkanes) is 1. The molecule has 0 aliphatic heterocycles. The first-order valence-corrected chi connectivity index (χ1v) is 9.07. The highest BCUT2D eigenvalue weighted by Crippen LogP contribution is 2.16. The van der Waals surface area contributed by atoms with Gasteiger partial charge in [0, 0.05) is 33.7 Å². The first-order valence-electron chi connectivity index (χ1n) is 9.07. The van der Waals surface area contributed by atoms with Crippen molar-refractivity contribution in [3.63, 3.8) is 0 Å². The van der Waals surface area contributed by atoms with E-state index in [-0.39, 0.29) is 23.5 Å². The third-order valence-electron chi connectivity index (χ3n) is 4.34. The molecule has 2 atom stereocenters. The van der Waals surface area contributed by atoms with Crippen LogP contribution in [0.25, 0.3) is 0 Å². The first kappa shape index (κ1) is 24.0. The van der Waals surface area contributed by atoms with E-state index in [1.165, 1.54) is 25.8 Å². The van der Waals surface area contributed by atoms with Crippen LogP contribution in [-0.2, 0) is 14.4 Å². The molecule has 0 rings (SSSR count). The molecule has 0 saturated carbocycles. The smallest absolute Gasteiger partial charge is 0.250 e. The van der Waals surface area contributed by atoms with Gasteiger partial charge in [-0.25, -0.2) is 4.99 Å². The Morgan fingerprint density at radius 3 is 2.31 bits per heavy atom. The molecule has 0 aromatic carbocycles. The third kappa shape index (κ3) is 8.38. The number of ketones is 1. The maximum absolute atomic E-state index is 11.9. The van der Waals surface area contributed by atoms with Gasteiger partial charge in [-0.05, 0) is 39.0 Å². The monoisotopic (exact) mass is 367 g/mol. The lowest BCUT2D eigenvalue weighted by atomic mass is 9.98. The van der Waals surface area contributed by atoms with Gasteiger partial charge in [-0.3, -0.25) is 19.3 Å². The Balaban J connectivity index is 5.00. The predicted octanol–water partition coefficient (Wildman–Crippen LogP) is 2.05. The molecule has 2 amide bonds. The Morgan fingerprint density at radius 2 is 1.85 bits per heavy atom. The summed E-state index contributed by atoms with van der Waals surface area (Å²) in [4.78, 5) is 40.8. The van der Waals surface area contributed by atoms with Crippen LogP contribution in [-0.4, -0.2) is 54.0 Å². The minimum atomic E-state index is -0.902. The summed E-state index contributed by atoms with van der Waals surface area (Å²) in [5.74, 6) is -0.106. The Labute approximate surface area is 156 Å². The summed E-state index contributed by atoms with van der Waals surface area (Å²) in [7, 11) is 3.12. The first-order chi connectivity index (χ1) is 12.1. The van der Waals surface area contributed by atoms with E-state index in [1.54, 1.807) is 20.2 Å². The molecular weight excluding hydrogens is 334 g/mol. The van der Waals surface area contributed by atoms with Gasteiger partial charge in [0.25, 0.3) is 0 Å². The highest BCUT2D eigenvalue weighted by atomic mass is 16.3. The number of hydrogen-bond donors (Lipinski definition) is 2. The van der Waals surface area contributed by atoms with Crippen molar-refractivity contribution in [1.82, 2.24) is 10.2 Å². The fraction of sp³-hybridized carbons (Fsp3) is 0.684. The van der Waals surface area contributed by atoms with Gasteiger partial charge in [-0.2, -0.15) is 0 Å². The summed E-state index contributed by atoms with van der Waals surface area (Å²) in [6.45, 7) is 6.58. The van der Waals surface area contributed by atoms with Gasteiger partial charge in [0.05, 0.1) is 5.57 Å². The molecule has 2 unspecified atom stereocenters. The average Bonchev–Trinajstić information content (AvgIpc) is 2.61. The summed E-state index contributed by atoms with van der Waals surface area (Å²) < 4.78 is 0. The minimum Gasteiger partial charge on any atom is -0.386 e. The van der Waals surface area contributed by atoms with E-state index in [4.69, 9.17) is 0 Å². The quantitative estimate of drug-likeness (QED) is 0.332. The van der Waals surface area contributed by atoms with Gasteiger partial charge >= 0.3 is 0 Å². The van der Waals surface area contributed by atoms with E-state index in [0.29, 0.717) is 17.8 Å². The van der Waals surface area contributed by atoms with Crippen molar-refractivity contribution >= 4 is 23.8 Å². The summed E-state index contributed by atoms with van der Waals surface area (Å²) in [6, 6.07) is 0. The van der Waals surface area contributed by atoms with Crippen molar-refractivity contribution in [2.75, 3.05) is 14.1 Å². The standard InChI is InChI=1S/C19H33N3O4/c1-7-16(10-8-9-11-17(25)14(3)23)12-21-18(22(6)15(4)24)13(2)19(26)20-5/h12,14,16,23H,7-11H2,1-6H3,(H,20,26)/b18-13-,21-12-. The topological polar surface area (TPSA) is 99.1 Å². The van der Waals surface area contributed by atoms with Gasteiger partial charge in [0.15, 0.2) is 5.78 Å². The van der Waals surface area contributed by atoms with Crippen molar-refractivity contribution in [3.05, 3.63) is 11.4 Å². The fourth-order valence-corrected chi connectivity index (χ4v) is 2.35. The zero-order chi connectivity index (χ0) is 20.3. The normalized spacial score (nSPS) is 14.6. The van der Waals surface area contributed by atoms with Gasteiger partial charge in [0.2, 0.25) is 11.8 Å². The number of nitrogens with zero attached hydrogens (tertiary/aromatic N) is 2. The van der Waals surface area contributed by atoms with Gasteiger partial charge < -0.3 is 10.4 Å². The summed E-state index contributed by atoms with van der Waals surface area (Å²) in [5.41, 5.74) is 0.374. The number of likely N-dealkylation sites (N-methyl/N-ethyl adjacent to an activating group) is 1. The number of amides is 2. The van der Waals surface area contributed by atoms with Crippen molar-refractivity contribution in [1.29, 1.82) is 0 Å². The molecule has 0 radical (unpaired) electrons. The maximum atomic E-state index is 11.9. The fourth-order valence-electron chi connectivity index (χ4n) is 2.35. The number of carbonyl (C=O) groups excluding carboxylic acids is 3. The van der Waals surface area contributed by atoms with Crippen LogP contribution < -0.4 is 5.32 Å². The molecule has 0 spiro atoms. The van der Waals surface area contributed by atoms with Crippen LogP contribution in [0.3, 0.4) is 0 Å². The highest BCUT2D eigenvalue weighted by Gasteiger charge is 2.16. The van der Waals surface area contributed by atoms with Crippen LogP contribution in [0.15, 0.2) is 16.4 Å². The van der Waals surface area contributed by atoms with Gasteiger partial charge in [0.1, 0.15) is 11.9 Å². The molecule has 0 aromatic heterocycles. The second kappa shape index (κ2) is 12.4. The van der Waals surface area contributed by atoms with E-state index < -0.39 is 6.10 Å². The molecule has 26 heavy (non-hydrogen) atoms. The van der Waals surface area contributed by atoms with Crippen molar-refractivity contribution < 1.29 is 19.5 Å². The molecule has 0 heterocycles. The number of aliphatic hydroxyl groups is 1. The minimum absolute atomic E-state index is 0.138. The molecule has 7 nitrogen and oxygen atoms in total. The largest absolute Gasteiger partial charge is 0.386 e. The molecule has 148 valence electrons.